The smallest absolute Gasteiger partial charge is 0.229 e. The molecule has 0 bridgehead atoms. The van der Waals surface area contributed by atoms with E-state index in [1.54, 1.807) is 6.20 Å². The molecule has 1 aromatic carbocycles. The van der Waals surface area contributed by atoms with Crippen LogP contribution in [0.25, 0.3) is 5.69 Å². The van der Waals surface area contributed by atoms with Gasteiger partial charge < -0.3 is 15.1 Å². The molecule has 0 amide bonds. The van der Waals surface area contributed by atoms with Gasteiger partial charge in [-0.15, -0.1) is 0 Å². The Hall–Kier alpha value is -3.42. The van der Waals surface area contributed by atoms with Crippen molar-refractivity contribution >= 4 is 29.5 Å². The van der Waals surface area contributed by atoms with Gasteiger partial charge in [0.2, 0.25) is 5.95 Å². The van der Waals surface area contributed by atoms with Crippen molar-refractivity contribution in [2.45, 2.75) is 58.5 Å². The summed E-state index contributed by atoms with van der Waals surface area (Å²) >= 11 is 0. The summed E-state index contributed by atoms with van der Waals surface area (Å²) in [6.45, 7) is 7.51. The molecule has 2 N–H and O–H groups in total. The maximum absolute atomic E-state index is 7.89. The van der Waals surface area contributed by atoms with E-state index in [2.05, 4.69) is 41.1 Å². The lowest BCUT2D eigenvalue weighted by atomic mass is 10.0. The summed E-state index contributed by atoms with van der Waals surface area (Å²) in [6, 6.07) is 10.6. The molecule has 0 radical (unpaired) electrons. The van der Waals surface area contributed by atoms with Crippen molar-refractivity contribution in [1.29, 1.82) is 5.41 Å². The first-order valence-electron chi connectivity index (χ1n) is 11.4. The number of aromatic nitrogens is 4. The van der Waals surface area contributed by atoms with Gasteiger partial charge in [-0.2, -0.15) is 10.1 Å². The summed E-state index contributed by atoms with van der Waals surface area (Å²) in [6.07, 6.45) is 11.4. The summed E-state index contributed by atoms with van der Waals surface area (Å²) in [5.74, 6) is 1.46. The van der Waals surface area contributed by atoms with Crippen molar-refractivity contribution in [1.82, 2.24) is 19.7 Å². The Kier molecular flexibility index (Phi) is 6.68. The number of hydrogen-bond acceptors (Lipinski definition) is 6. The van der Waals surface area contributed by atoms with Gasteiger partial charge in [-0.3, -0.25) is 5.41 Å². The van der Waals surface area contributed by atoms with Crippen LogP contribution in [0.15, 0.2) is 48.9 Å². The molecular formula is C24H32N8. The minimum Gasteiger partial charge on any atom is -0.347 e. The lowest BCUT2D eigenvalue weighted by molar-refractivity contribution is 0.469. The maximum atomic E-state index is 7.89. The summed E-state index contributed by atoms with van der Waals surface area (Å²) in [5, 5.41) is 15.5. The molecule has 0 saturated carbocycles. The second-order valence-electron chi connectivity index (χ2n) is 8.27. The monoisotopic (exact) mass is 432 g/mol. The average molecular weight is 433 g/mol. The number of benzene rings is 1. The molecule has 0 saturated heterocycles. The van der Waals surface area contributed by atoms with Gasteiger partial charge in [-0.25, -0.2) is 9.67 Å². The number of rotatable bonds is 9. The van der Waals surface area contributed by atoms with E-state index in [0.29, 0.717) is 18.0 Å². The Balaban J connectivity index is 1.62. The van der Waals surface area contributed by atoms with Crippen molar-refractivity contribution in [3.63, 3.8) is 0 Å². The van der Waals surface area contributed by atoms with Crippen molar-refractivity contribution < 1.29 is 0 Å². The molecule has 4 rings (SSSR count). The number of anilines is 4. The predicted octanol–water partition coefficient (Wildman–Crippen LogP) is 5.00. The summed E-state index contributed by atoms with van der Waals surface area (Å²) in [7, 11) is 0. The zero-order chi connectivity index (χ0) is 22.5. The zero-order valence-electron chi connectivity index (χ0n) is 19.1. The van der Waals surface area contributed by atoms with Gasteiger partial charge in [-0.1, -0.05) is 26.7 Å². The van der Waals surface area contributed by atoms with E-state index in [-0.39, 0.29) is 0 Å². The third-order valence-electron chi connectivity index (χ3n) is 6.07. The molecule has 32 heavy (non-hydrogen) atoms. The molecule has 2 aromatic heterocycles. The number of hydrogen-bond donors (Lipinski definition) is 2. The van der Waals surface area contributed by atoms with Crippen LogP contribution in [0.4, 0.5) is 23.1 Å². The van der Waals surface area contributed by atoms with Gasteiger partial charge in [-0.05, 0) is 50.1 Å². The molecule has 3 heterocycles. The largest absolute Gasteiger partial charge is 0.347 e. The Bertz CT molecular complexity index is 1010. The highest BCUT2D eigenvalue weighted by atomic mass is 15.4. The van der Waals surface area contributed by atoms with Crippen LogP contribution in [-0.2, 0) is 0 Å². The molecule has 1 aliphatic heterocycles. The van der Waals surface area contributed by atoms with Crippen LogP contribution < -0.4 is 15.1 Å². The Labute approximate surface area is 189 Å². The maximum Gasteiger partial charge on any atom is 0.229 e. The number of nitrogens with one attached hydrogen (secondary N) is 2. The lowest BCUT2D eigenvalue weighted by Gasteiger charge is -2.45. The SMILES string of the molecule is CCCCC(C)N1c2nc(Nc3ccc(-n4cccn4)cc3)ncc2N(C=N)CC1CC. The highest BCUT2D eigenvalue weighted by Crippen LogP contribution is 2.36. The van der Waals surface area contributed by atoms with Gasteiger partial charge in [0.15, 0.2) is 5.82 Å². The quantitative estimate of drug-likeness (QED) is 0.366. The van der Waals surface area contributed by atoms with Crippen LogP contribution in [-0.4, -0.2) is 44.7 Å². The number of nitrogens with zero attached hydrogens (tertiary/aromatic N) is 6. The van der Waals surface area contributed by atoms with Gasteiger partial charge in [0.05, 0.1) is 18.2 Å². The van der Waals surface area contributed by atoms with Gasteiger partial charge in [0, 0.05) is 36.7 Å². The highest BCUT2D eigenvalue weighted by Gasteiger charge is 2.33. The summed E-state index contributed by atoms with van der Waals surface area (Å²) < 4.78 is 1.82. The Morgan fingerprint density at radius 2 is 2.06 bits per heavy atom. The summed E-state index contributed by atoms with van der Waals surface area (Å²) in [4.78, 5) is 13.9. The van der Waals surface area contributed by atoms with Crippen molar-refractivity contribution in [3.8, 4) is 5.69 Å². The Morgan fingerprint density at radius 1 is 1.25 bits per heavy atom. The minimum atomic E-state index is 0.312. The topological polar surface area (TPSA) is 86.0 Å². The van der Waals surface area contributed by atoms with Crippen LogP contribution in [0.3, 0.4) is 0 Å². The predicted molar refractivity (Wildman–Crippen MR) is 131 cm³/mol. The van der Waals surface area contributed by atoms with Gasteiger partial charge >= 0.3 is 0 Å². The standard InChI is InChI=1S/C24H32N8/c1-4-6-8-18(3)32-20(5-2)16-30(17-25)22-15-26-24(29-23(22)32)28-19-9-11-21(12-10-19)31-14-7-13-27-31/h7,9-15,17-18,20,25H,4-6,8,16H2,1-3H3,(H,26,28,29). The number of fused-ring (bicyclic) bond motifs is 1. The van der Waals surface area contributed by atoms with Crippen LogP contribution in [0.2, 0.25) is 0 Å². The van der Waals surface area contributed by atoms with E-state index >= 15 is 0 Å². The van der Waals surface area contributed by atoms with Gasteiger partial charge in [0.1, 0.15) is 5.69 Å². The van der Waals surface area contributed by atoms with Crippen LogP contribution in [0, 0.1) is 5.41 Å². The second kappa shape index (κ2) is 9.80. The third kappa shape index (κ3) is 4.44. The first-order valence-corrected chi connectivity index (χ1v) is 11.4. The Morgan fingerprint density at radius 3 is 2.72 bits per heavy atom. The van der Waals surface area contributed by atoms with Gasteiger partial charge in [0.25, 0.3) is 0 Å². The molecular weight excluding hydrogens is 400 g/mol. The first kappa shape index (κ1) is 21.8. The van der Waals surface area contributed by atoms with Crippen LogP contribution >= 0.6 is 0 Å². The van der Waals surface area contributed by atoms with E-state index in [0.717, 1.165) is 42.3 Å². The molecule has 0 fully saturated rings. The van der Waals surface area contributed by atoms with E-state index in [1.807, 2.05) is 52.3 Å². The fourth-order valence-corrected chi connectivity index (χ4v) is 4.31. The van der Waals surface area contributed by atoms with E-state index in [9.17, 15) is 0 Å². The number of unbranched alkanes of at least 4 members (excludes halogenated alkanes) is 1. The zero-order valence-corrected chi connectivity index (χ0v) is 19.1. The lowest BCUT2D eigenvalue weighted by Crippen LogP contribution is -2.52. The highest BCUT2D eigenvalue weighted by molar-refractivity contribution is 5.85. The van der Waals surface area contributed by atoms with Crippen LogP contribution in [0.5, 0.6) is 0 Å². The molecule has 0 aliphatic carbocycles. The second-order valence-corrected chi connectivity index (χ2v) is 8.27. The summed E-state index contributed by atoms with van der Waals surface area (Å²) in [5.41, 5.74) is 2.81. The van der Waals surface area contributed by atoms with Crippen LogP contribution in [0.1, 0.15) is 46.5 Å². The molecule has 3 aromatic rings. The molecule has 168 valence electrons. The minimum absolute atomic E-state index is 0.312. The fraction of sp³-hybridized carbons (Fsp3) is 0.417. The fourth-order valence-electron chi connectivity index (χ4n) is 4.31. The average Bonchev–Trinajstić information content (AvgIpc) is 3.36. The van der Waals surface area contributed by atoms with E-state index < -0.39 is 0 Å². The molecule has 2 unspecified atom stereocenters. The molecule has 8 heteroatoms. The van der Waals surface area contributed by atoms with Crippen molar-refractivity contribution in [2.75, 3.05) is 21.7 Å². The third-order valence-corrected chi connectivity index (χ3v) is 6.07. The molecule has 2 atom stereocenters. The van der Waals surface area contributed by atoms with E-state index in [1.165, 1.54) is 19.2 Å². The first-order chi connectivity index (χ1) is 15.6. The molecule has 0 spiro atoms. The van der Waals surface area contributed by atoms with Crippen molar-refractivity contribution in [3.05, 3.63) is 48.9 Å². The normalized spacial score (nSPS) is 16.5. The van der Waals surface area contributed by atoms with E-state index in [4.69, 9.17) is 10.4 Å². The molecule has 1 aliphatic rings. The molecule has 8 nitrogen and oxygen atoms in total. The van der Waals surface area contributed by atoms with Crippen molar-refractivity contribution in [2.24, 2.45) is 0 Å².